The number of alkyl halides is 6. The van der Waals surface area contributed by atoms with E-state index >= 15 is 0 Å². The lowest BCUT2D eigenvalue weighted by Gasteiger charge is -2.28. The van der Waals surface area contributed by atoms with Gasteiger partial charge in [0.2, 0.25) is 21.7 Å². The standard InChI is InChI=1S/C31H18ClF11N2O5S/c32-20-5-1-15(2-6-20)12-44(51(49,50)28-26(36)24(34)23(33)25(35)27(28)37)14-22(46)45(21-7-3-17(4-8-21)29(47)48)13-16-9-18(30(38,39)40)11-19(10-16)31(41,42)43/h1-11H,12-14H2,(H,47,48). The summed E-state index contributed by atoms with van der Waals surface area (Å²) in [4.78, 5) is 23.3. The molecule has 272 valence electrons. The number of amides is 1. The van der Waals surface area contributed by atoms with Crippen LogP contribution in [0.3, 0.4) is 0 Å². The van der Waals surface area contributed by atoms with Gasteiger partial charge in [-0.2, -0.15) is 30.6 Å². The topological polar surface area (TPSA) is 95.0 Å². The molecule has 0 radical (unpaired) electrons. The zero-order chi connectivity index (χ0) is 38.2. The molecule has 0 saturated heterocycles. The number of nitrogens with zero attached hydrogens (tertiary/aromatic N) is 2. The van der Waals surface area contributed by atoms with Gasteiger partial charge in [0.25, 0.3) is 0 Å². The minimum atomic E-state index is -5.91. The number of hydrogen-bond donors (Lipinski definition) is 1. The number of carboxylic acids is 1. The highest BCUT2D eigenvalue weighted by atomic mass is 35.5. The average molecular weight is 775 g/mol. The van der Waals surface area contributed by atoms with Gasteiger partial charge in [0.1, 0.15) is 0 Å². The molecule has 0 heterocycles. The van der Waals surface area contributed by atoms with Gasteiger partial charge >= 0.3 is 18.3 Å². The molecule has 1 N–H and O–H groups in total. The van der Waals surface area contributed by atoms with Gasteiger partial charge in [-0.3, -0.25) is 4.79 Å². The van der Waals surface area contributed by atoms with Crippen LogP contribution in [0.15, 0.2) is 71.6 Å². The van der Waals surface area contributed by atoms with Crippen molar-refractivity contribution >= 4 is 39.2 Å². The number of rotatable bonds is 10. The number of sulfonamides is 1. The predicted octanol–water partition coefficient (Wildman–Crippen LogP) is 8.20. The number of carbonyl (C=O) groups is 2. The van der Waals surface area contributed by atoms with Crippen LogP contribution in [-0.4, -0.2) is 36.3 Å². The quantitative estimate of drug-likeness (QED) is 0.0997. The minimum Gasteiger partial charge on any atom is -0.478 e. The third kappa shape index (κ3) is 8.59. The second kappa shape index (κ2) is 14.5. The lowest BCUT2D eigenvalue weighted by molar-refractivity contribution is -0.143. The summed E-state index contributed by atoms with van der Waals surface area (Å²) < 4.78 is 180. The van der Waals surface area contributed by atoms with E-state index in [0.717, 1.165) is 36.4 Å². The Bertz CT molecular complexity index is 2030. The van der Waals surface area contributed by atoms with Crippen molar-refractivity contribution in [1.82, 2.24) is 4.31 Å². The van der Waals surface area contributed by atoms with Crippen LogP contribution in [0.1, 0.15) is 32.6 Å². The molecule has 7 nitrogen and oxygen atoms in total. The van der Waals surface area contributed by atoms with Crippen molar-refractivity contribution in [1.29, 1.82) is 0 Å². The second-order valence-corrected chi connectivity index (χ2v) is 12.9. The maximum absolute atomic E-state index is 14.8. The summed E-state index contributed by atoms with van der Waals surface area (Å²) in [6.45, 7) is -3.77. The van der Waals surface area contributed by atoms with Gasteiger partial charge in [-0.25, -0.2) is 35.2 Å². The Balaban J connectivity index is 1.89. The van der Waals surface area contributed by atoms with Crippen molar-refractivity contribution in [2.75, 3.05) is 11.4 Å². The van der Waals surface area contributed by atoms with E-state index in [1.807, 2.05) is 0 Å². The number of carbonyl (C=O) groups excluding carboxylic acids is 1. The molecule has 0 aliphatic carbocycles. The molecule has 51 heavy (non-hydrogen) atoms. The molecule has 0 saturated carbocycles. The fourth-order valence-corrected chi connectivity index (χ4v) is 6.21. The van der Waals surface area contributed by atoms with Gasteiger partial charge in [-0.05, 0) is 65.7 Å². The van der Waals surface area contributed by atoms with Crippen molar-refractivity contribution in [3.8, 4) is 0 Å². The summed E-state index contributed by atoms with van der Waals surface area (Å²) in [6, 6.07) is 8.52. The Morgan fingerprint density at radius 2 is 1.14 bits per heavy atom. The first kappa shape index (κ1) is 39.0. The number of hydrogen-bond acceptors (Lipinski definition) is 4. The van der Waals surface area contributed by atoms with E-state index < -0.39 is 116 Å². The highest BCUT2D eigenvalue weighted by molar-refractivity contribution is 7.89. The molecule has 4 rings (SSSR count). The molecule has 4 aromatic carbocycles. The first-order valence-electron chi connectivity index (χ1n) is 13.7. The Kier molecular flexibility index (Phi) is 11.1. The summed E-state index contributed by atoms with van der Waals surface area (Å²) in [5.74, 6) is -16.6. The molecule has 4 aromatic rings. The maximum atomic E-state index is 14.8. The van der Waals surface area contributed by atoms with E-state index in [1.54, 1.807) is 0 Å². The van der Waals surface area contributed by atoms with Crippen molar-refractivity contribution in [2.45, 2.75) is 30.3 Å². The molecular formula is C31H18ClF11N2O5S. The molecule has 20 heteroatoms. The van der Waals surface area contributed by atoms with Gasteiger partial charge in [0.15, 0.2) is 28.2 Å². The average Bonchev–Trinajstić information content (AvgIpc) is 3.05. The molecular weight excluding hydrogens is 757 g/mol. The van der Waals surface area contributed by atoms with Crippen LogP contribution in [-0.2, 0) is 40.3 Å². The number of aromatic carboxylic acids is 1. The fraction of sp³-hybridized carbons (Fsp3) is 0.161. The number of carboxylic acid groups (broad SMARTS) is 1. The molecule has 0 fully saturated rings. The summed E-state index contributed by atoms with van der Waals surface area (Å²) in [5, 5.41) is 9.33. The number of benzene rings is 4. The fourth-order valence-electron chi connectivity index (χ4n) is 4.60. The normalized spacial score (nSPS) is 12.3. The van der Waals surface area contributed by atoms with Crippen molar-refractivity contribution in [2.24, 2.45) is 0 Å². The SMILES string of the molecule is O=C(O)c1ccc(N(Cc2cc(C(F)(F)F)cc(C(F)(F)F)c2)C(=O)CN(Cc2ccc(Cl)cc2)S(=O)(=O)c2c(F)c(F)c(F)c(F)c2F)cc1. The van der Waals surface area contributed by atoms with Crippen LogP contribution < -0.4 is 4.90 Å². The van der Waals surface area contributed by atoms with Crippen molar-refractivity contribution in [3.63, 3.8) is 0 Å². The Labute approximate surface area is 285 Å². The summed E-state index contributed by atoms with van der Waals surface area (Å²) >= 11 is 5.82. The molecule has 0 atom stereocenters. The Morgan fingerprint density at radius 1 is 0.667 bits per heavy atom. The van der Waals surface area contributed by atoms with E-state index in [0.29, 0.717) is 4.90 Å². The minimum absolute atomic E-state index is 0.0528. The molecule has 0 aliphatic heterocycles. The van der Waals surface area contributed by atoms with Gasteiger partial charge in [-0.15, -0.1) is 0 Å². The largest absolute Gasteiger partial charge is 0.478 e. The van der Waals surface area contributed by atoms with Crippen LogP contribution in [0.4, 0.5) is 54.0 Å². The summed E-state index contributed by atoms with van der Waals surface area (Å²) in [6.07, 6.45) is -10.7. The van der Waals surface area contributed by atoms with Crippen LogP contribution in [0, 0.1) is 29.1 Å². The van der Waals surface area contributed by atoms with Crippen LogP contribution in [0.25, 0.3) is 0 Å². The maximum Gasteiger partial charge on any atom is 0.416 e. The molecule has 0 unspecified atom stereocenters. The van der Waals surface area contributed by atoms with Crippen LogP contribution in [0.2, 0.25) is 5.02 Å². The lowest BCUT2D eigenvalue weighted by Crippen LogP contribution is -2.43. The van der Waals surface area contributed by atoms with Crippen molar-refractivity contribution < 1.29 is 71.4 Å². The van der Waals surface area contributed by atoms with Gasteiger partial charge in [-0.1, -0.05) is 23.7 Å². The zero-order valence-corrected chi connectivity index (χ0v) is 26.5. The third-order valence-electron chi connectivity index (χ3n) is 7.07. The van der Waals surface area contributed by atoms with E-state index in [4.69, 9.17) is 11.6 Å². The molecule has 0 aliphatic rings. The third-order valence-corrected chi connectivity index (χ3v) is 9.13. The van der Waals surface area contributed by atoms with Gasteiger partial charge in [0, 0.05) is 17.3 Å². The summed E-state index contributed by atoms with van der Waals surface area (Å²) in [7, 11) is -5.91. The first-order valence-corrected chi connectivity index (χ1v) is 15.5. The smallest absolute Gasteiger partial charge is 0.416 e. The Hall–Kier alpha value is -4.75. The summed E-state index contributed by atoms with van der Waals surface area (Å²) in [5.41, 5.74) is -5.30. The number of anilines is 1. The molecule has 0 bridgehead atoms. The van der Waals surface area contributed by atoms with Crippen LogP contribution in [0.5, 0.6) is 0 Å². The highest BCUT2D eigenvalue weighted by Crippen LogP contribution is 2.37. The first-order chi connectivity index (χ1) is 23.5. The van der Waals surface area contributed by atoms with Gasteiger partial charge < -0.3 is 10.0 Å². The number of halogens is 12. The van der Waals surface area contributed by atoms with E-state index in [2.05, 4.69) is 0 Å². The van der Waals surface area contributed by atoms with E-state index in [1.165, 1.54) is 12.1 Å². The zero-order valence-electron chi connectivity index (χ0n) is 24.9. The van der Waals surface area contributed by atoms with Gasteiger partial charge in [0.05, 0.1) is 29.8 Å². The second-order valence-electron chi connectivity index (χ2n) is 10.5. The monoisotopic (exact) mass is 774 g/mol. The Morgan fingerprint density at radius 3 is 1.59 bits per heavy atom. The van der Waals surface area contributed by atoms with Crippen LogP contribution >= 0.6 is 11.6 Å². The highest BCUT2D eigenvalue weighted by Gasteiger charge is 2.40. The van der Waals surface area contributed by atoms with E-state index in [9.17, 15) is 71.4 Å². The van der Waals surface area contributed by atoms with E-state index in [-0.39, 0.29) is 33.1 Å². The predicted molar refractivity (Wildman–Crippen MR) is 156 cm³/mol. The molecule has 1 amide bonds. The lowest BCUT2D eigenvalue weighted by atomic mass is 10.0. The molecule has 0 aromatic heterocycles. The molecule has 0 spiro atoms. The van der Waals surface area contributed by atoms with Crippen molar-refractivity contribution in [3.05, 3.63) is 129 Å².